The highest BCUT2D eigenvalue weighted by Crippen LogP contribution is 2.20. The Morgan fingerprint density at radius 1 is 1.19 bits per heavy atom. The van der Waals surface area contributed by atoms with Crippen LogP contribution in [0.4, 0.5) is 5.69 Å². The van der Waals surface area contributed by atoms with Crippen LogP contribution in [0, 0.1) is 0 Å². The summed E-state index contributed by atoms with van der Waals surface area (Å²) in [7, 11) is 0. The molecular weight excluding hydrogens is 342 g/mol. The van der Waals surface area contributed by atoms with Gasteiger partial charge in [0.05, 0.1) is 22.8 Å². The van der Waals surface area contributed by atoms with Crippen LogP contribution in [-0.2, 0) is 11.2 Å². The first-order valence-electron chi connectivity index (χ1n) is 8.53. The minimum atomic E-state index is -0.0588. The maximum atomic E-state index is 12.3. The van der Waals surface area contributed by atoms with Crippen molar-refractivity contribution in [2.75, 3.05) is 5.32 Å². The molecule has 3 rings (SSSR count). The van der Waals surface area contributed by atoms with Gasteiger partial charge in [0, 0.05) is 23.2 Å². The number of rotatable bonds is 6. The topological polar surface area (TPSA) is 54.9 Å². The molecule has 0 aliphatic carbocycles. The lowest BCUT2D eigenvalue weighted by Gasteiger charge is -2.05. The molecule has 0 spiro atoms. The molecule has 0 radical (unpaired) electrons. The summed E-state index contributed by atoms with van der Waals surface area (Å²) in [5.74, 6) is 0.329. The number of amides is 1. The van der Waals surface area contributed by atoms with Crippen molar-refractivity contribution >= 4 is 35.1 Å². The monoisotopic (exact) mass is 363 g/mol. The molecule has 1 N–H and O–H groups in total. The Balaban J connectivity index is 1.62. The molecule has 0 fully saturated rings. The predicted octanol–water partition coefficient (Wildman–Crippen LogP) is 5.01. The molecule has 4 nitrogen and oxygen atoms in total. The molecule has 132 valence electrons. The second-order valence-corrected chi connectivity index (χ2v) is 7.16. The van der Waals surface area contributed by atoms with Gasteiger partial charge in [-0.05, 0) is 35.9 Å². The molecular formula is C21H21N3OS. The van der Waals surface area contributed by atoms with Crippen molar-refractivity contribution in [3.63, 3.8) is 0 Å². The van der Waals surface area contributed by atoms with Gasteiger partial charge in [0.25, 0.3) is 0 Å². The van der Waals surface area contributed by atoms with Crippen LogP contribution in [0.2, 0.25) is 0 Å². The number of benzene rings is 1. The largest absolute Gasteiger partial charge is 0.326 e. The van der Waals surface area contributed by atoms with Gasteiger partial charge in [0.1, 0.15) is 0 Å². The summed E-state index contributed by atoms with van der Waals surface area (Å²) in [6, 6.07) is 13.5. The fourth-order valence-electron chi connectivity index (χ4n) is 2.41. The van der Waals surface area contributed by atoms with Gasteiger partial charge in [-0.3, -0.25) is 9.78 Å². The van der Waals surface area contributed by atoms with E-state index in [9.17, 15) is 4.79 Å². The van der Waals surface area contributed by atoms with Crippen LogP contribution in [0.15, 0.2) is 54.0 Å². The Bertz CT molecular complexity index is 900. The van der Waals surface area contributed by atoms with E-state index in [4.69, 9.17) is 0 Å². The highest BCUT2D eigenvalue weighted by molar-refractivity contribution is 7.09. The number of carbonyl (C=O) groups excluding carboxylic acids is 1. The van der Waals surface area contributed by atoms with E-state index in [1.807, 2.05) is 60.0 Å². The molecule has 0 unspecified atom stereocenters. The molecule has 26 heavy (non-hydrogen) atoms. The molecule has 3 aromatic rings. The number of thiazole rings is 1. The van der Waals surface area contributed by atoms with E-state index in [0.29, 0.717) is 5.92 Å². The minimum absolute atomic E-state index is 0.0588. The number of nitrogens with one attached hydrogen (secondary N) is 1. The number of aromatic nitrogens is 2. The molecule has 2 aromatic heterocycles. The number of hydrogen-bond donors (Lipinski definition) is 1. The molecule has 0 aliphatic rings. The summed E-state index contributed by atoms with van der Waals surface area (Å²) in [6.07, 6.45) is 5.98. The average molecular weight is 363 g/mol. The van der Waals surface area contributed by atoms with Crippen molar-refractivity contribution < 1.29 is 4.79 Å². The molecule has 1 amide bonds. The lowest BCUT2D eigenvalue weighted by molar-refractivity contribution is -0.115. The van der Waals surface area contributed by atoms with Crippen molar-refractivity contribution in [3.05, 3.63) is 76.0 Å². The normalized spacial score (nSPS) is 11.2. The predicted molar refractivity (Wildman–Crippen MR) is 108 cm³/mol. The van der Waals surface area contributed by atoms with Gasteiger partial charge in [-0.25, -0.2) is 4.98 Å². The van der Waals surface area contributed by atoms with Crippen molar-refractivity contribution in [3.8, 4) is 0 Å². The molecule has 0 saturated carbocycles. The molecule has 1 aromatic carbocycles. The van der Waals surface area contributed by atoms with Gasteiger partial charge in [0.15, 0.2) is 0 Å². The highest BCUT2D eigenvalue weighted by Gasteiger charge is 2.10. The van der Waals surface area contributed by atoms with Crippen LogP contribution in [-0.4, -0.2) is 15.9 Å². The van der Waals surface area contributed by atoms with Crippen LogP contribution < -0.4 is 5.32 Å². The summed E-state index contributed by atoms with van der Waals surface area (Å²) in [4.78, 5) is 21.1. The molecule has 0 bridgehead atoms. The number of carbonyl (C=O) groups is 1. The molecule has 5 heteroatoms. The van der Waals surface area contributed by atoms with Crippen LogP contribution >= 0.6 is 11.3 Å². The van der Waals surface area contributed by atoms with Gasteiger partial charge < -0.3 is 5.32 Å². The Morgan fingerprint density at radius 3 is 2.81 bits per heavy atom. The van der Waals surface area contributed by atoms with Gasteiger partial charge in [-0.1, -0.05) is 38.1 Å². The Kier molecular flexibility index (Phi) is 5.92. The quantitative estimate of drug-likeness (QED) is 0.669. The van der Waals surface area contributed by atoms with E-state index >= 15 is 0 Å². The summed E-state index contributed by atoms with van der Waals surface area (Å²) >= 11 is 1.61. The number of hydrogen-bond acceptors (Lipinski definition) is 4. The van der Waals surface area contributed by atoms with Crippen LogP contribution in [0.1, 0.15) is 41.7 Å². The van der Waals surface area contributed by atoms with Crippen LogP contribution in [0.25, 0.3) is 12.2 Å². The van der Waals surface area contributed by atoms with Crippen molar-refractivity contribution in [1.82, 2.24) is 9.97 Å². The van der Waals surface area contributed by atoms with Crippen molar-refractivity contribution in [2.45, 2.75) is 26.2 Å². The molecule has 0 atom stereocenters. The fourth-order valence-corrected chi connectivity index (χ4v) is 3.25. The first kappa shape index (κ1) is 18.0. The lowest BCUT2D eigenvalue weighted by Crippen LogP contribution is -2.14. The number of anilines is 1. The van der Waals surface area contributed by atoms with Crippen LogP contribution in [0.3, 0.4) is 0 Å². The summed E-state index contributed by atoms with van der Waals surface area (Å²) in [6.45, 7) is 4.21. The zero-order valence-electron chi connectivity index (χ0n) is 14.8. The first-order valence-corrected chi connectivity index (χ1v) is 9.41. The van der Waals surface area contributed by atoms with Gasteiger partial charge in [-0.15, -0.1) is 11.3 Å². The van der Waals surface area contributed by atoms with Crippen LogP contribution in [0.5, 0.6) is 0 Å². The van der Waals surface area contributed by atoms with E-state index in [1.54, 1.807) is 17.5 Å². The summed E-state index contributed by atoms with van der Waals surface area (Å²) < 4.78 is 0. The van der Waals surface area contributed by atoms with E-state index in [1.165, 1.54) is 0 Å². The second kappa shape index (κ2) is 8.54. The van der Waals surface area contributed by atoms with Crippen molar-refractivity contribution in [1.29, 1.82) is 0 Å². The minimum Gasteiger partial charge on any atom is -0.326 e. The third-order valence-electron chi connectivity index (χ3n) is 3.71. The Labute approximate surface area is 157 Å². The van der Waals surface area contributed by atoms with E-state index < -0.39 is 0 Å². The third-order valence-corrected chi connectivity index (χ3v) is 4.90. The Hall–Kier alpha value is -2.79. The lowest BCUT2D eigenvalue weighted by atomic mass is 10.1. The summed E-state index contributed by atoms with van der Waals surface area (Å²) in [5.41, 5.74) is 3.50. The zero-order valence-corrected chi connectivity index (χ0v) is 15.7. The van der Waals surface area contributed by atoms with E-state index in [0.717, 1.165) is 27.6 Å². The fraction of sp³-hybridized carbons (Fsp3) is 0.190. The second-order valence-electron chi connectivity index (χ2n) is 6.27. The van der Waals surface area contributed by atoms with Gasteiger partial charge in [0.2, 0.25) is 5.91 Å². The van der Waals surface area contributed by atoms with E-state index in [2.05, 4.69) is 29.1 Å². The molecule has 2 heterocycles. The summed E-state index contributed by atoms with van der Waals surface area (Å²) in [5, 5.41) is 5.97. The number of nitrogens with zero attached hydrogens (tertiary/aromatic N) is 2. The first-order chi connectivity index (χ1) is 12.6. The Morgan fingerprint density at radius 2 is 2.08 bits per heavy atom. The molecule has 0 aliphatic heterocycles. The highest BCUT2D eigenvalue weighted by atomic mass is 32.1. The standard InChI is InChI=1S/C21H21N3OS/c1-15(2)21-24-19(14-26-21)13-20(25)23-18-8-5-6-16(12-18)9-10-17-7-3-4-11-22-17/h3-12,14-15H,13H2,1-2H3,(H,23,25)/b10-9+. The van der Waals surface area contributed by atoms with E-state index in [-0.39, 0.29) is 12.3 Å². The van der Waals surface area contributed by atoms with Gasteiger partial charge in [-0.2, -0.15) is 0 Å². The SMILES string of the molecule is CC(C)c1nc(CC(=O)Nc2cccc(/C=C/c3ccccn3)c2)cs1. The van der Waals surface area contributed by atoms with Gasteiger partial charge >= 0.3 is 0 Å². The smallest absolute Gasteiger partial charge is 0.230 e. The maximum absolute atomic E-state index is 12.3. The zero-order chi connectivity index (χ0) is 18.4. The third kappa shape index (κ3) is 5.10. The number of pyridine rings is 1. The van der Waals surface area contributed by atoms with Crippen molar-refractivity contribution in [2.24, 2.45) is 0 Å². The molecule has 0 saturated heterocycles. The average Bonchev–Trinajstić information content (AvgIpc) is 3.10. The maximum Gasteiger partial charge on any atom is 0.230 e.